The van der Waals surface area contributed by atoms with Crippen LogP contribution in [0.5, 0.6) is 0 Å². The molecule has 3 aromatic rings. The van der Waals surface area contributed by atoms with Crippen molar-refractivity contribution in [3.8, 4) is 0 Å². The van der Waals surface area contributed by atoms with Gasteiger partial charge in [0.15, 0.2) is 0 Å². The average Bonchev–Trinajstić information content (AvgIpc) is 2.55. The molecule has 0 saturated heterocycles. The number of hydrogen-bond acceptors (Lipinski definition) is 1. The van der Waals surface area contributed by atoms with Gasteiger partial charge in [-0.25, -0.2) is 0 Å². The van der Waals surface area contributed by atoms with E-state index in [4.69, 9.17) is 0 Å². The third-order valence-electron chi connectivity index (χ3n) is 3.60. The van der Waals surface area contributed by atoms with Gasteiger partial charge in [0.05, 0.1) is 11.3 Å². The third kappa shape index (κ3) is 2.90. The first-order valence-electron chi connectivity index (χ1n) is 6.90. The molecule has 0 N–H and O–H groups in total. The summed E-state index contributed by atoms with van der Waals surface area (Å²) in [7, 11) is 0. The Morgan fingerprint density at radius 2 is 1.48 bits per heavy atom. The molecule has 3 rings (SSSR count). The molecule has 0 unspecified atom stereocenters. The fourth-order valence-corrected chi connectivity index (χ4v) is 2.49. The Hall–Kier alpha value is -2.82. The molecule has 5 heteroatoms. The highest BCUT2D eigenvalue weighted by atomic mass is 19.4. The zero-order valence-corrected chi connectivity index (χ0v) is 11.9. The number of anilines is 2. The van der Waals surface area contributed by atoms with Crippen LogP contribution in [-0.4, -0.2) is 6.41 Å². The summed E-state index contributed by atoms with van der Waals surface area (Å²) < 4.78 is 38.0. The highest BCUT2D eigenvalue weighted by Crippen LogP contribution is 2.34. The molecule has 0 fully saturated rings. The molecule has 2 nitrogen and oxygen atoms in total. The van der Waals surface area contributed by atoms with E-state index in [1.54, 1.807) is 12.1 Å². The SMILES string of the molecule is O=CN(c1ccc(C(F)(F)F)cc1)c1cccc2ccccc12. The number of amides is 1. The molecule has 1 amide bonds. The molecule has 0 heterocycles. The molecular formula is C18H12F3NO. The van der Waals surface area contributed by atoms with Gasteiger partial charge in [0.2, 0.25) is 6.41 Å². The maximum atomic E-state index is 12.7. The van der Waals surface area contributed by atoms with Crippen molar-refractivity contribution in [2.75, 3.05) is 4.90 Å². The summed E-state index contributed by atoms with van der Waals surface area (Å²) >= 11 is 0. The molecule has 23 heavy (non-hydrogen) atoms. The molecule has 0 spiro atoms. The fraction of sp³-hybridized carbons (Fsp3) is 0.0556. The lowest BCUT2D eigenvalue weighted by atomic mass is 10.1. The van der Waals surface area contributed by atoms with E-state index in [0.717, 1.165) is 22.9 Å². The fourth-order valence-electron chi connectivity index (χ4n) is 2.49. The third-order valence-corrected chi connectivity index (χ3v) is 3.60. The summed E-state index contributed by atoms with van der Waals surface area (Å²) in [5.41, 5.74) is 0.257. The minimum absolute atomic E-state index is 0.379. The van der Waals surface area contributed by atoms with Gasteiger partial charge in [-0.1, -0.05) is 36.4 Å². The summed E-state index contributed by atoms with van der Waals surface area (Å²) in [5, 5.41) is 1.80. The second-order valence-corrected chi connectivity index (χ2v) is 5.02. The van der Waals surface area contributed by atoms with E-state index < -0.39 is 11.7 Å². The summed E-state index contributed by atoms with van der Waals surface area (Å²) in [6, 6.07) is 17.5. The summed E-state index contributed by atoms with van der Waals surface area (Å²) in [4.78, 5) is 12.9. The predicted octanol–water partition coefficient (Wildman–Crippen LogP) is 5.15. The lowest BCUT2D eigenvalue weighted by Gasteiger charge is -2.20. The predicted molar refractivity (Wildman–Crippen MR) is 83.6 cm³/mol. The first-order chi connectivity index (χ1) is 11.0. The van der Waals surface area contributed by atoms with Gasteiger partial charge in [-0.3, -0.25) is 9.69 Å². The summed E-state index contributed by atoms with van der Waals surface area (Å²) in [6.07, 6.45) is -3.80. The van der Waals surface area contributed by atoms with E-state index in [2.05, 4.69) is 0 Å². The maximum Gasteiger partial charge on any atom is 0.416 e. The van der Waals surface area contributed by atoms with Gasteiger partial charge in [0.1, 0.15) is 0 Å². The molecule has 0 radical (unpaired) electrons. The quantitative estimate of drug-likeness (QED) is 0.612. The number of hydrogen-bond donors (Lipinski definition) is 0. The van der Waals surface area contributed by atoms with Crippen molar-refractivity contribution >= 4 is 28.6 Å². The van der Waals surface area contributed by atoms with Gasteiger partial charge in [-0.2, -0.15) is 13.2 Å². The molecule has 0 aromatic heterocycles. The molecule has 0 bridgehead atoms. The van der Waals surface area contributed by atoms with Gasteiger partial charge in [0.25, 0.3) is 0 Å². The van der Waals surface area contributed by atoms with Gasteiger partial charge in [0, 0.05) is 11.1 Å². The Bertz CT molecular complexity index is 836. The zero-order chi connectivity index (χ0) is 16.4. The zero-order valence-electron chi connectivity index (χ0n) is 11.9. The Labute approximate surface area is 130 Å². The van der Waals surface area contributed by atoms with Crippen LogP contribution in [0.15, 0.2) is 66.7 Å². The number of benzene rings is 3. The van der Waals surface area contributed by atoms with Crippen molar-refractivity contribution in [1.29, 1.82) is 0 Å². The first-order valence-corrected chi connectivity index (χ1v) is 6.90. The molecule has 116 valence electrons. The topological polar surface area (TPSA) is 20.3 Å². The van der Waals surface area contributed by atoms with E-state index in [1.807, 2.05) is 30.3 Å². The van der Waals surface area contributed by atoms with E-state index in [-0.39, 0.29) is 0 Å². The normalized spacial score (nSPS) is 11.4. The Morgan fingerprint density at radius 1 is 0.826 bits per heavy atom. The van der Waals surface area contributed by atoms with E-state index >= 15 is 0 Å². The van der Waals surface area contributed by atoms with Gasteiger partial charge >= 0.3 is 6.18 Å². The molecule has 0 saturated carbocycles. The molecule has 0 aliphatic carbocycles. The standard InChI is InChI=1S/C18H12F3NO/c19-18(20,21)14-8-10-15(11-9-14)22(12-23)17-7-3-5-13-4-1-2-6-16(13)17/h1-12H. The molecule has 0 atom stereocenters. The number of nitrogens with zero attached hydrogens (tertiary/aromatic N) is 1. The van der Waals surface area contributed by atoms with Crippen LogP contribution >= 0.6 is 0 Å². The van der Waals surface area contributed by atoms with Crippen molar-refractivity contribution in [3.05, 3.63) is 72.3 Å². The van der Waals surface area contributed by atoms with E-state index in [0.29, 0.717) is 17.8 Å². The van der Waals surface area contributed by atoms with Gasteiger partial charge in [-0.15, -0.1) is 0 Å². The summed E-state index contributed by atoms with van der Waals surface area (Å²) in [6.45, 7) is 0. The van der Waals surface area contributed by atoms with Crippen molar-refractivity contribution < 1.29 is 18.0 Å². The average molecular weight is 315 g/mol. The van der Waals surface area contributed by atoms with Crippen LogP contribution in [0.4, 0.5) is 24.5 Å². The number of carbonyl (C=O) groups excluding carboxylic acids is 1. The van der Waals surface area contributed by atoms with Crippen LogP contribution in [0.3, 0.4) is 0 Å². The monoisotopic (exact) mass is 315 g/mol. The van der Waals surface area contributed by atoms with E-state index in [9.17, 15) is 18.0 Å². The van der Waals surface area contributed by atoms with Crippen molar-refractivity contribution in [2.24, 2.45) is 0 Å². The van der Waals surface area contributed by atoms with Crippen LogP contribution in [0.2, 0.25) is 0 Å². The smallest absolute Gasteiger partial charge is 0.283 e. The second kappa shape index (κ2) is 5.76. The van der Waals surface area contributed by atoms with Crippen molar-refractivity contribution in [3.63, 3.8) is 0 Å². The van der Waals surface area contributed by atoms with Crippen LogP contribution in [-0.2, 0) is 11.0 Å². The highest BCUT2D eigenvalue weighted by Gasteiger charge is 2.30. The number of halogens is 3. The molecular weight excluding hydrogens is 303 g/mol. The minimum atomic E-state index is -4.40. The van der Waals surface area contributed by atoms with Gasteiger partial charge in [-0.05, 0) is 35.7 Å². The van der Waals surface area contributed by atoms with Gasteiger partial charge < -0.3 is 0 Å². The van der Waals surface area contributed by atoms with Crippen molar-refractivity contribution in [1.82, 2.24) is 0 Å². The minimum Gasteiger partial charge on any atom is -0.283 e. The maximum absolute atomic E-state index is 12.7. The largest absolute Gasteiger partial charge is 0.416 e. The van der Waals surface area contributed by atoms with Crippen LogP contribution < -0.4 is 4.90 Å². The van der Waals surface area contributed by atoms with E-state index in [1.165, 1.54) is 17.0 Å². The highest BCUT2D eigenvalue weighted by molar-refractivity contribution is 6.02. The van der Waals surface area contributed by atoms with Crippen LogP contribution in [0, 0.1) is 0 Å². The molecule has 3 aromatic carbocycles. The summed E-state index contributed by atoms with van der Waals surface area (Å²) in [5.74, 6) is 0. The Kier molecular flexibility index (Phi) is 3.78. The molecule has 0 aliphatic rings. The Morgan fingerprint density at radius 3 is 2.13 bits per heavy atom. The number of rotatable bonds is 3. The number of fused-ring (bicyclic) bond motifs is 1. The van der Waals surface area contributed by atoms with Crippen LogP contribution in [0.25, 0.3) is 10.8 Å². The van der Waals surface area contributed by atoms with Crippen LogP contribution in [0.1, 0.15) is 5.56 Å². The Balaban J connectivity index is 2.07. The number of alkyl halides is 3. The lowest BCUT2D eigenvalue weighted by Crippen LogP contribution is -2.15. The van der Waals surface area contributed by atoms with Crippen molar-refractivity contribution in [2.45, 2.75) is 6.18 Å². The lowest BCUT2D eigenvalue weighted by molar-refractivity contribution is -0.137. The second-order valence-electron chi connectivity index (χ2n) is 5.02. The molecule has 0 aliphatic heterocycles. The first kappa shape index (κ1) is 15.1. The number of carbonyl (C=O) groups is 1.